The molecule has 2 aromatic rings. The monoisotopic (exact) mass is 238 g/mol. The summed E-state index contributed by atoms with van der Waals surface area (Å²) in [6.45, 7) is 0. The zero-order valence-electron chi connectivity index (χ0n) is 10.6. The second-order valence-electron chi connectivity index (χ2n) is 4.93. The fourth-order valence-electron chi connectivity index (χ4n) is 2.83. The lowest BCUT2D eigenvalue weighted by Crippen LogP contribution is -2.25. The summed E-state index contributed by atoms with van der Waals surface area (Å²) in [5, 5.41) is 3.39. The molecule has 2 nitrogen and oxygen atoms in total. The van der Waals surface area contributed by atoms with Gasteiger partial charge < -0.3 is 5.32 Å². The van der Waals surface area contributed by atoms with Crippen LogP contribution in [0.2, 0.25) is 0 Å². The van der Waals surface area contributed by atoms with Crippen molar-refractivity contribution in [3.05, 3.63) is 65.5 Å². The van der Waals surface area contributed by atoms with Crippen molar-refractivity contribution in [1.82, 2.24) is 10.3 Å². The van der Waals surface area contributed by atoms with Crippen molar-refractivity contribution in [1.29, 1.82) is 0 Å². The molecule has 18 heavy (non-hydrogen) atoms. The molecule has 0 amide bonds. The highest BCUT2D eigenvalue weighted by molar-refractivity contribution is 5.40. The third-order valence-electron chi connectivity index (χ3n) is 3.87. The minimum absolute atomic E-state index is 0.351. The molecule has 0 bridgehead atoms. The fourth-order valence-corrected chi connectivity index (χ4v) is 2.83. The number of nitrogens with zero attached hydrogens (tertiary/aromatic N) is 1. The van der Waals surface area contributed by atoms with E-state index in [1.807, 2.05) is 19.3 Å². The van der Waals surface area contributed by atoms with Gasteiger partial charge in [-0.1, -0.05) is 30.3 Å². The lowest BCUT2D eigenvalue weighted by molar-refractivity contribution is 0.445. The fraction of sp³-hybridized carbons (Fsp3) is 0.312. The first kappa shape index (κ1) is 11.4. The smallest absolute Gasteiger partial charge is 0.0573 e. The van der Waals surface area contributed by atoms with Crippen molar-refractivity contribution in [2.75, 3.05) is 7.05 Å². The maximum absolute atomic E-state index is 4.45. The minimum atomic E-state index is 0.351. The van der Waals surface area contributed by atoms with Gasteiger partial charge >= 0.3 is 0 Å². The van der Waals surface area contributed by atoms with Crippen LogP contribution < -0.4 is 5.32 Å². The number of pyridine rings is 1. The van der Waals surface area contributed by atoms with Gasteiger partial charge in [0.25, 0.3) is 0 Å². The number of hydrogen-bond acceptors (Lipinski definition) is 2. The summed E-state index contributed by atoms with van der Waals surface area (Å²) in [7, 11) is 2.02. The zero-order chi connectivity index (χ0) is 12.4. The minimum Gasteiger partial charge on any atom is -0.312 e. The van der Waals surface area contributed by atoms with E-state index < -0.39 is 0 Å². The molecule has 92 valence electrons. The van der Waals surface area contributed by atoms with E-state index in [1.165, 1.54) is 17.5 Å². The van der Waals surface area contributed by atoms with Crippen LogP contribution in [0.15, 0.2) is 48.7 Å². The Labute approximate surface area is 108 Å². The Balaban J connectivity index is 1.74. The first-order valence-corrected chi connectivity index (χ1v) is 6.54. The first-order chi connectivity index (χ1) is 8.88. The topological polar surface area (TPSA) is 24.9 Å². The van der Waals surface area contributed by atoms with Crippen molar-refractivity contribution in [2.45, 2.75) is 24.8 Å². The highest BCUT2D eigenvalue weighted by Gasteiger charge is 2.28. The van der Waals surface area contributed by atoms with E-state index in [0.29, 0.717) is 12.0 Å². The largest absolute Gasteiger partial charge is 0.312 e. The molecule has 1 heterocycles. The first-order valence-electron chi connectivity index (χ1n) is 6.54. The Kier molecular flexibility index (Phi) is 3.11. The SMILES string of the molecule is CNC(CC1Cc2ccccc21)c1ccccn1. The lowest BCUT2D eigenvalue weighted by atomic mass is 9.74. The molecule has 0 spiro atoms. The van der Waals surface area contributed by atoms with Gasteiger partial charge in [0.2, 0.25) is 0 Å². The third-order valence-corrected chi connectivity index (χ3v) is 3.87. The second-order valence-corrected chi connectivity index (χ2v) is 4.93. The van der Waals surface area contributed by atoms with Gasteiger partial charge in [-0.2, -0.15) is 0 Å². The molecule has 0 radical (unpaired) electrons. The summed E-state index contributed by atoms with van der Waals surface area (Å²) in [5.74, 6) is 0.681. The van der Waals surface area contributed by atoms with Gasteiger partial charge in [0.1, 0.15) is 0 Å². The van der Waals surface area contributed by atoms with Crippen molar-refractivity contribution < 1.29 is 0 Å². The van der Waals surface area contributed by atoms with Crippen molar-refractivity contribution in [3.63, 3.8) is 0 Å². The Hall–Kier alpha value is -1.67. The van der Waals surface area contributed by atoms with Gasteiger partial charge in [-0.15, -0.1) is 0 Å². The maximum Gasteiger partial charge on any atom is 0.0573 e. The van der Waals surface area contributed by atoms with Crippen LogP contribution in [0.4, 0.5) is 0 Å². The number of rotatable bonds is 4. The highest BCUT2D eigenvalue weighted by atomic mass is 14.9. The molecule has 0 aliphatic heterocycles. The van der Waals surface area contributed by atoms with Gasteiger partial charge in [-0.05, 0) is 49.1 Å². The van der Waals surface area contributed by atoms with Gasteiger partial charge in [0, 0.05) is 12.2 Å². The van der Waals surface area contributed by atoms with Crippen molar-refractivity contribution in [3.8, 4) is 0 Å². The van der Waals surface area contributed by atoms with Crippen LogP contribution in [-0.2, 0) is 6.42 Å². The third kappa shape index (κ3) is 2.04. The molecular formula is C16H18N2. The summed E-state index contributed by atoms with van der Waals surface area (Å²) in [4.78, 5) is 4.45. The van der Waals surface area contributed by atoms with E-state index in [0.717, 1.165) is 12.1 Å². The van der Waals surface area contributed by atoms with Crippen molar-refractivity contribution in [2.24, 2.45) is 0 Å². The van der Waals surface area contributed by atoms with Crippen LogP contribution in [0.5, 0.6) is 0 Å². The number of aromatic nitrogens is 1. The Morgan fingerprint density at radius 2 is 2.06 bits per heavy atom. The molecule has 1 aromatic carbocycles. The van der Waals surface area contributed by atoms with E-state index in [4.69, 9.17) is 0 Å². The standard InChI is InChI=1S/C16H18N2/c1-17-16(15-8-4-5-9-18-15)11-13-10-12-6-2-3-7-14(12)13/h2-9,13,16-17H,10-11H2,1H3. The molecule has 1 aromatic heterocycles. The predicted molar refractivity (Wildman–Crippen MR) is 73.5 cm³/mol. The van der Waals surface area contributed by atoms with Crippen LogP contribution in [0, 0.1) is 0 Å². The Morgan fingerprint density at radius 1 is 1.22 bits per heavy atom. The van der Waals surface area contributed by atoms with Crippen LogP contribution in [0.3, 0.4) is 0 Å². The van der Waals surface area contributed by atoms with Gasteiger partial charge in [0.05, 0.1) is 5.69 Å². The summed E-state index contributed by atoms with van der Waals surface area (Å²) in [5.41, 5.74) is 4.18. The normalized spacial score (nSPS) is 18.8. The highest BCUT2D eigenvalue weighted by Crippen LogP contribution is 2.40. The van der Waals surface area contributed by atoms with E-state index in [9.17, 15) is 0 Å². The average molecular weight is 238 g/mol. The van der Waals surface area contributed by atoms with E-state index in [-0.39, 0.29) is 0 Å². The average Bonchev–Trinajstić information content (AvgIpc) is 2.41. The Bertz CT molecular complexity index is 522. The van der Waals surface area contributed by atoms with Crippen LogP contribution in [0.1, 0.15) is 35.2 Å². The molecule has 0 fully saturated rings. The Morgan fingerprint density at radius 3 is 2.78 bits per heavy atom. The molecule has 1 aliphatic rings. The molecule has 1 aliphatic carbocycles. The van der Waals surface area contributed by atoms with E-state index in [1.54, 1.807) is 0 Å². The van der Waals surface area contributed by atoms with Gasteiger partial charge in [-0.3, -0.25) is 4.98 Å². The summed E-state index contributed by atoms with van der Waals surface area (Å²) < 4.78 is 0. The van der Waals surface area contributed by atoms with Gasteiger partial charge in [0.15, 0.2) is 0 Å². The summed E-state index contributed by atoms with van der Waals surface area (Å²) in [6.07, 6.45) is 4.21. The van der Waals surface area contributed by atoms with Crippen LogP contribution in [-0.4, -0.2) is 12.0 Å². The molecule has 3 rings (SSSR count). The molecule has 0 saturated carbocycles. The molecular weight excluding hydrogens is 220 g/mol. The predicted octanol–water partition coefficient (Wildman–Crippen LogP) is 3.07. The molecule has 0 saturated heterocycles. The molecule has 1 N–H and O–H groups in total. The zero-order valence-corrected chi connectivity index (χ0v) is 10.6. The van der Waals surface area contributed by atoms with Gasteiger partial charge in [-0.25, -0.2) is 0 Å². The van der Waals surface area contributed by atoms with Crippen molar-refractivity contribution >= 4 is 0 Å². The molecule has 2 heteroatoms. The number of hydrogen-bond donors (Lipinski definition) is 1. The number of nitrogens with one attached hydrogen (secondary N) is 1. The maximum atomic E-state index is 4.45. The van der Waals surface area contributed by atoms with E-state index >= 15 is 0 Å². The summed E-state index contributed by atoms with van der Waals surface area (Å²) in [6, 6.07) is 15.2. The summed E-state index contributed by atoms with van der Waals surface area (Å²) >= 11 is 0. The van der Waals surface area contributed by atoms with Crippen LogP contribution >= 0.6 is 0 Å². The second kappa shape index (κ2) is 4.91. The number of fused-ring (bicyclic) bond motifs is 1. The number of benzene rings is 1. The van der Waals surface area contributed by atoms with E-state index in [2.05, 4.69) is 46.7 Å². The quantitative estimate of drug-likeness (QED) is 0.885. The molecule has 2 atom stereocenters. The van der Waals surface area contributed by atoms with Crippen LogP contribution in [0.25, 0.3) is 0 Å². The molecule has 2 unspecified atom stereocenters. The lowest BCUT2D eigenvalue weighted by Gasteiger charge is -2.32.